The molecule has 5 nitrogen and oxygen atoms in total. The van der Waals surface area contributed by atoms with Gasteiger partial charge in [0.1, 0.15) is 5.75 Å². The molecule has 3 heterocycles. The summed E-state index contributed by atoms with van der Waals surface area (Å²) in [5.74, 6) is 0.902. The predicted molar refractivity (Wildman–Crippen MR) is 131 cm³/mol. The van der Waals surface area contributed by atoms with Gasteiger partial charge in [0.2, 0.25) is 0 Å². The average Bonchev–Trinajstić information content (AvgIpc) is 3.27. The molecule has 2 saturated heterocycles. The lowest BCUT2D eigenvalue weighted by Gasteiger charge is -2.46. The first kappa shape index (κ1) is 21.8. The van der Waals surface area contributed by atoms with Gasteiger partial charge < -0.3 is 14.2 Å². The molecule has 5 rings (SSSR count). The van der Waals surface area contributed by atoms with E-state index < -0.39 is 0 Å². The second-order valence-corrected chi connectivity index (χ2v) is 9.36. The number of nitrogens with zero attached hydrogens (tertiary/aromatic N) is 3. The minimum absolute atomic E-state index is 0.110. The number of piperidine rings is 2. The fraction of sp³-hybridized carbons (Fsp3) is 0.333. The third kappa shape index (κ3) is 4.30. The highest BCUT2D eigenvalue weighted by Gasteiger charge is 2.39. The summed E-state index contributed by atoms with van der Waals surface area (Å²) in [6.07, 6.45) is 10.8. The van der Waals surface area contributed by atoms with Gasteiger partial charge in [-0.1, -0.05) is 29.8 Å². The molecule has 0 saturated carbocycles. The first-order valence-electron chi connectivity index (χ1n) is 11.5. The number of hydrogen-bond donors (Lipinski definition) is 0. The van der Waals surface area contributed by atoms with Crippen molar-refractivity contribution in [2.24, 2.45) is 0 Å². The summed E-state index contributed by atoms with van der Waals surface area (Å²) in [7, 11) is 1.67. The summed E-state index contributed by atoms with van der Waals surface area (Å²) in [5.41, 5.74) is 4.87. The number of aryl methyl sites for hydroxylation is 1. The zero-order valence-corrected chi connectivity index (χ0v) is 19.8. The highest BCUT2D eigenvalue weighted by Crippen LogP contribution is 2.41. The summed E-state index contributed by atoms with van der Waals surface area (Å²) in [6.45, 7) is 1.96. The van der Waals surface area contributed by atoms with Crippen LogP contribution in [0.4, 0.5) is 0 Å². The molecule has 0 unspecified atom stereocenters. The second-order valence-electron chi connectivity index (χ2n) is 8.93. The number of aromatic nitrogens is 2. The molecular weight excluding hydrogens is 434 g/mol. The van der Waals surface area contributed by atoms with Gasteiger partial charge in [-0.25, -0.2) is 4.98 Å². The number of rotatable bonds is 4. The van der Waals surface area contributed by atoms with E-state index in [-0.39, 0.29) is 11.9 Å². The maximum absolute atomic E-state index is 13.6. The highest BCUT2D eigenvalue weighted by atomic mass is 35.5. The zero-order valence-electron chi connectivity index (χ0n) is 19.0. The van der Waals surface area contributed by atoms with E-state index >= 15 is 0 Å². The number of fused-ring (bicyclic) bond motifs is 1. The number of imidazole rings is 1. The third-order valence-corrected chi connectivity index (χ3v) is 7.04. The van der Waals surface area contributed by atoms with Crippen molar-refractivity contribution in [2.45, 2.75) is 51.1 Å². The minimum atomic E-state index is 0.110. The van der Waals surface area contributed by atoms with Crippen LogP contribution in [-0.4, -0.2) is 33.5 Å². The van der Waals surface area contributed by atoms with Gasteiger partial charge in [-0.3, -0.25) is 4.79 Å². The Morgan fingerprint density at radius 2 is 1.94 bits per heavy atom. The molecule has 33 heavy (non-hydrogen) atoms. The average molecular weight is 462 g/mol. The SMILES string of the molecule is COc1cc(C=C2CC[C@@H]3CCC[C@@H](c4ccc(Cl)cc4)N3C2=O)ccc1-n1cnc(C)c1. The summed E-state index contributed by atoms with van der Waals surface area (Å²) in [4.78, 5) is 20.1. The van der Waals surface area contributed by atoms with Crippen molar-refractivity contribution < 1.29 is 9.53 Å². The smallest absolute Gasteiger partial charge is 0.250 e. The molecule has 3 aromatic rings. The number of benzene rings is 2. The van der Waals surface area contributed by atoms with Gasteiger partial charge in [0.15, 0.2) is 0 Å². The van der Waals surface area contributed by atoms with Crippen molar-refractivity contribution in [3.8, 4) is 11.4 Å². The Balaban J connectivity index is 1.44. The van der Waals surface area contributed by atoms with E-state index in [1.165, 1.54) is 5.56 Å². The third-order valence-electron chi connectivity index (χ3n) is 6.79. The van der Waals surface area contributed by atoms with Crippen LogP contribution in [0.1, 0.15) is 55.0 Å². The topological polar surface area (TPSA) is 47.4 Å². The van der Waals surface area contributed by atoms with Gasteiger partial charge in [0.05, 0.1) is 30.9 Å². The summed E-state index contributed by atoms with van der Waals surface area (Å²) in [5, 5.41) is 0.722. The molecule has 170 valence electrons. The van der Waals surface area contributed by atoms with Gasteiger partial charge in [0, 0.05) is 22.8 Å². The Hall–Kier alpha value is -3.05. The van der Waals surface area contributed by atoms with E-state index in [1.54, 1.807) is 13.4 Å². The Morgan fingerprint density at radius 3 is 2.67 bits per heavy atom. The fourth-order valence-corrected chi connectivity index (χ4v) is 5.29. The molecular formula is C27H28ClN3O2. The van der Waals surface area contributed by atoms with Crippen LogP contribution in [0.15, 0.2) is 60.6 Å². The maximum atomic E-state index is 13.6. The number of carbonyl (C=O) groups excluding carboxylic acids is 1. The Morgan fingerprint density at radius 1 is 1.12 bits per heavy atom. The molecule has 0 spiro atoms. The van der Waals surface area contributed by atoms with E-state index in [2.05, 4.69) is 22.0 Å². The number of hydrogen-bond acceptors (Lipinski definition) is 3. The molecule has 1 amide bonds. The van der Waals surface area contributed by atoms with E-state index in [4.69, 9.17) is 16.3 Å². The lowest BCUT2D eigenvalue weighted by Crippen LogP contribution is -2.49. The number of methoxy groups -OCH3 is 1. The number of carbonyl (C=O) groups is 1. The lowest BCUT2D eigenvalue weighted by molar-refractivity contribution is -0.136. The van der Waals surface area contributed by atoms with Crippen LogP contribution < -0.4 is 4.74 Å². The zero-order chi connectivity index (χ0) is 22.9. The van der Waals surface area contributed by atoms with Crippen LogP contribution in [-0.2, 0) is 4.79 Å². The van der Waals surface area contributed by atoms with Crippen molar-refractivity contribution in [3.05, 3.63) is 82.4 Å². The van der Waals surface area contributed by atoms with Gasteiger partial charge in [-0.15, -0.1) is 0 Å². The fourth-order valence-electron chi connectivity index (χ4n) is 5.16. The van der Waals surface area contributed by atoms with Gasteiger partial charge in [-0.05, 0) is 80.5 Å². The van der Waals surface area contributed by atoms with Crippen LogP contribution in [0.25, 0.3) is 11.8 Å². The molecule has 6 heteroatoms. The van der Waals surface area contributed by atoms with Crippen molar-refractivity contribution >= 4 is 23.6 Å². The standard InChI is InChI=1S/C27H28ClN3O2/c1-18-16-30(17-29-18)25-13-6-19(15-26(25)33-2)14-21-9-12-23-4-3-5-24(31(23)27(21)32)20-7-10-22(28)11-8-20/h6-8,10-11,13-17,23-24H,3-5,9,12H2,1-2H3/t23-,24-/m0/s1. The lowest BCUT2D eigenvalue weighted by atomic mass is 9.84. The van der Waals surface area contributed by atoms with Crippen molar-refractivity contribution in [3.63, 3.8) is 0 Å². The first-order valence-corrected chi connectivity index (χ1v) is 11.9. The van der Waals surface area contributed by atoms with Crippen LogP contribution in [0, 0.1) is 6.92 Å². The summed E-state index contributed by atoms with van der Waals surface area (Å²) >= 11 is 6.10. The molecule has 2 atom stereocenters. The predicted octanol–water partition coefficient (Wildman–Crippen LogP) is 6.14. The van der Waals surface area contributed by atoms with E-state index in [1.807, 2.05) is 54.1 Å². The van der Waals surface area contributed by atoms with Crippen LogP contribution >= 0.6 is 11.6 Å². The van der Waals surface area contributed by atoms with Gasteiger partial charge >= 0.3 is 0 Å². The maximum Gasteiger partial charge on any atom is 0.250 e. The quantitative estimate of drug-likeness (QED) is 0.438. The number of ether oxygens (including phenoxy) is 1. The van der Waals surface area contributed by atoms with Gasteiger partial charge in [-0.2, -0.15) is 0 Å². The van der Waals surface area contributed by atoms with E-state index in [0.717, 1.165) is 65.4 Å². The molecule has 0 N–H and O–H groups in total. The van der Waals surface area contributed by atoms with Crippen molar-refractivity contribution in [1.82, 2.24) is 14.5 Å². The highest BCUT2D eigenvalue weighted by molar-refractivity contribution is 6.30. The summed E-state index contributed by atoms with van der Waals surface area (Å²) in [6, 6.07) is 14.4. The Labute approximate surface area is 199 Å². The van der Waals surface area contributed by atoms with Crippen LogP contribution in [0.2, 0.25) is 5.02 Å². The monoisotopic (exact) mass is 461 g/mol. The first-order chi connectivity index (χ1) is 16.0. The molecule has 2 aliphatic rings. The molecule has 2 aliphatic heterocycles. The van der Waals surface area contributed by atoms with E-state index in [0.29, 0.717) is 6.04 Å². The minimum Gasteiger partial charge on any atom is -0.495 e. The largest absolute Gasteiger partial charge is 0.495 e. The normalized spacial score (nSPS) is 21.8. The van der Waals surface area contributed by atoms with Crippen molar-refractivity contribution in [1.29, 1.82) is 0 Å². The van der Waals surface area contributed by atoms with Crippen LogP contribution in [0.3, 0.4) is 0 Å². The van der Waals surface area contributed by atoms with Crippen molar-refractivity contribution in [2.75, 3.05) is 7.11 Å². The molecule has 0 aliphatic carbocycles. The van der Waals surface area contributed by atoms with E-state index in [9.17, 15) is 4.79 Å². The van der Waals surface area contributed by atoms with Gasteiger partial charge in [0.25, 0.3) is 5.91 Å². The number of amides is 1. The molecule has 0 bridgehead atoms. The molecule has 2 aromatic carbocycles. The Kier molecular flexibility index (Phi) is 5.98. The molecule has 0 radical (unpaired) electrons. The molecule has 1 aromatic heterocycles. The molecule has 2 fully saturated rings. The number of halogens is 1. The Bertz CT molecular complexity index is 1200. The second kappa shape index (κ2) is 9.06. The summed E-state index contributed by atoms with van der Waals surface area (Å²) < 4.78 is 7.60. The van der Waals surface area contributed by atoms with Crippen LogP contribution in [0.5, 0.6) is 5.75 Å².